The van der Waals surface area contributed by atoms with Gasteiger partial charge in [0, 0.05) is 0 Å². The molecule has 0 nitrogen and oxygen atoms in total. The largest absolute Gasteiger partial charge is 0.249 e. The van der Waals surface area contributed by atoms with Crippen LogP contribution in [0.3, 0.4) is 0 Å². The van der Waals surface area contributed by atoms with Gasteiger partial charge in [-0.05, 0) is 18.3 Å². The molecule has 0 aromatic carbocycles. The van der Waals surface area contributed by atoms with Crippen LogP contribution in [0, 0.1) is 0 Å². The molecule has 0 unspecified atom stereocenters. The topological polar surface area (TPSA) is 0 Å². The summed E-state index contributed by atoms with van der Waals surface area (Å²) in [6.07, 6.45) is 0. The first kappa shape index (κ1) is 8.15. The second-order valence-corrected chi connectivity index (χ2v) is 10.2. The Kier molecular flexibility index (Phi) is 3.76. The Labute approximate surface area is 60.0 Å². The maximum Gasteiger partial charge on any atom is 0.249 e. The van der Waals surface area contributed by atoms with E-state index in [1.807, 2.05) is 6.55 Å². The smallest absolute Gasteiger partial charge is 0.180 e. The molecule has 0 radical (unpaired) electrons. The molecule has 0 aliphatic heterocycles. The normalized spacial score (nSPS) is 12.0. The molecule has 0 aromatic heterocycles. The zero-order chi connectivity index (χ0) is 5.91. The monoisotopic (exact) mass is 174 g/mol. The molecular weight excluding hydrogens is 167 g/mol. The van der Waals surface area contributed by atoms with Crippen molar-refractivity contribution in [1.82, 2.24) is 0 Å². The summed E-state index contributed by atoms with van der Waals surface area (Å²) in [5.41, 5.74) is 0. The third kappa shape index (κ3) is 7.15. The lowest BCUT2D eigenvalue weighted by Gasteiger charge is -2.04. The van der Waals surface area contributed by atoms with E-state index in [1.165, 1.54) is 0 Å². The second-order valence-electron chi connectivity index (χ2n) is 1.54. The van der Waals surface area contributed by atoms with Gasteiger partial charge >= 0.3 is 0 Å². The van der Waals surface area contributed by atoms with E-state index in [1.54, 1.807) is 0 Å². The first-order valence-corrected chi connectivity index (χ1v) is 7.41. The molecule has 0 spiro atoms. The van der Waals surface area contributed by atoms with E-state index in [-0.39, 0.29) is 0 Å². The highest BCUT2D eigenvalue weighted by Gasteiger charge is 2.18. The van der Waals surface area contributed by atoms with Crippen LogP contribution in [0.2, 0.25) is 12.6 Å². The summed E-state index contributed by atoms with van der Waals surface area (Å²) in [5.74, 6) is 0.801. The van der Waals surface area contributed by atoms with Crippen molar-refractivity contribution in [1.29, 1.82) is 0 Å². The van der Waals surface area contributed by atoms with Gasteiger partial charge in [-0.3, -0.25) is 0 Å². The van der Waals surface area contributed by atoms with E-state index in [2.05, 4.69) is 12.6 Å². The van der Waals surface area contributed by atoms with Crippen molar-refractivity contribution in [3.8, 4) is 0 Å². The fourth-order valence-electron chi connectivity index (χ4n) is 0.196. The lowest BCUT2D eigenvalue weighted by Crippen LogP contribution is -2.11. The van der Waals surface area contributed by atoms with E-state index in [9.17, 15) is 0 Å². The fraction of sp³-hybridized carbons (Fsp3) is 1.00. The minimum absolute atomic E-state index is 0.801. The molecule has 0 rings (SSSR count). The molecule has 0 aliphatic rings. The third-order valence-electron chi connectivity index (χ3n) is 0.551. The molecule has 4 heteroatoms. The summed E-state index contributed by atoms with van der Waals surface area (Å²) in [4.78, 5) is 0. The maximum atomic E-state index is 5.69. The van der Waals surface area contributed by atoms with Crippen molar-refractivity contribution in [2.24, 2.45) is 0 Å². The summed E-state index contributed by atoms with van der Waals surface area (Å²) in [7, 11) is 0. The Morgan fingerprint density at radius 3 is 2.00 bits per heavy atom. The van der Waals surface area contributed by atoms with Crippen LogP contribution < -0.4 is 0 Å². The lowest BCUT2D eigenvalue weighted by atomic mass is 11.0. The van der Waals surface area contributed by atoms with Gasteiger partial charge in [-0.1, -0.05) is 0 Å². The first-order valence-electron chi connectivity index (χ1n) is 2.05. The summed E-state index contributed by atoms with van der Waals surface area (Å²) >= 11 is 15.4. The van der Waals surface area contributed by atoms with Crippen LogP contribution >= 0.6 is 34.8 Å². The summed E-state index contributed by atoms with van der Waals surface area (Å²) in [5, 5.41) is 0. The number of thiol groups is 1. The summed E-state index contributed by atoms with van der Waals surface area (Å²) in [6, 6.07) is 0.874. The van der Waals surface area contributed by atoms with E-state index >= 15 is 0 Å². The van der Waals surface area contributed by atoms with Crippen molar-refractivity contribution in [2.45, 2.75) is 12.6 Å². The van der Waals surface area contributed by atoms with Gasteiger partial charge in [0.1, 0.15) is 0 Å². The minimum atomic E-state index is -1.79. The highest BCUT2D eigenvalue weighted by Crippen LogP contribution is 2.19. The van der Waals surface area contributed by atoms with Gasteiger partial charge in [-0.2, -0.15) is 12.6 Å². The van der Waals surface area contributed by atoms with Crippen LogP contribution in [-0.2, 0) is 0 Å². The molecule has 7 heavy (non-hydrogen) atoms. The average Bonchev–Trinajstić information content (AvgIpc) is 1.30. The van der Waals surface area contributed by atoms with Gasteiger partial charge in [0.25, 0.3) is 0 Å². The third-order valence-corrected chi connectivity index (χ3v) is 3.46. The molecule has 0 N–H and O–H groups in total. The van der Waals surface area contributed by atoms with Crippen LogP contribution in [0.4, 0.5) is 0 Å². The lowest BCUT2D eigenvalue weighted by molar-refractivity contribution is 1.47. The Bertz CT molecular complexity index is 51.4. The summed E-state index contributed by atoms with van der Waals surface area (Å²) < 4.78 is 0. The SMILES string of the molecule is C[Si](Cl)(Cl)CCS. The fourth-order valence-corrected chi connectivity index (χ4v) is 3.29. The Balaban J connectivity index is 3.15. The van der Waals surface area contributed by atoms with Crippen molar-refractivity contribution >= 4 is 41.5 Å². The molecule has 0 atom stereocenters. The minimum Gasteiger partial charge on any atom is -0.180 e. The molecule has 0 saturated carbocycles. The highest BCUT2D eigenvalue weighted by molar-refractivity contribution is 7.80. The molecular formula is C3H8Cl2SSi. The van der Waals surface area contributed by atoms with E-state index in [4.69, 9.17) is 22.2 Å². The average molecular weight is 175 g/mol. The molecule has 0 bridgehead atoms. The maximum absolute atomic E-state index is 5.69. The van der Waals surface area contributed by atoms with Gasteiger partial charge in [-0.15, -0.1) is 22.2 Å². The Morgan fingerprint density at radius 1 is 1.57 bits per heavy atom. The van der Waals surface area contributed by atoms with Gasteiger partial charge < -0.3 is 0 Å². The van der Waals surface area contributed by atoms with Crippen LogP contribution in [-0.4, -0.2) is 12.4 Å². The summed E-state index contributed by atoms with van der Waals surface area (Å²) in [6.45, 7) is 0.106. The van der Waals surface area contributed by atoms with Crippen LogP contribution in [0.15, 0.2) is 0 Å². The molecule has 0 heterocycles. The van der Waals surface area contributed by atoms with Gasteiger partial charge in [0.05, 0.1) is 0 Å². The standard InChI is InChI=1S/C3H8Cl2SSi/c1-7(4,5)3-2-6/h6H,2-3H2,1H3. The van der Waals surface area contributed by atoms with E-state index in [0.717, 1.165) is 11.8 Å². The predicted octanol–water partition coefficient (Wildman–Crippen LogP) is 2.47. The second kappa shape index (κ2) is 3.23. The van der Waals surface area contributed by atoms with Gasteiger partial charge in [0.15, 0.2) is 0 Å². The quantitative estimate of drug-likeness (QED) is 0.372. The van der Waals surface area contributed by atoms with Crippen molar-refractivity contribution < 1.29 is 0 Å². The molecule has 0 amide bonds. The number of hydrogen-bond acceptors (Lipinski definition) is 1. The highest BCUT2D eigenvalue weighted by atomic mass is 35.7. The van der Waals surface area contributed by atoms with E-state index < -0.39 is 6.69 Å². The Morgan fingerprint density at radius 2 is 2.00 bits per heavy atom. The van der Waals surface area contributed by atoms with Crippen LogP contribution in [0.25, 0.3) is 0 Å². The van der Waals surface area contributed by atoms with Crippen molar-refractivity contribution in [2.75, 3.05) is 5.75 Å². The van der Waals surface area contributed by atoms with Crippen molar-refractivity contribution in [3.05, 3.63) is 0 Å². The van der Waals surface area contributed by atoms with Crippen LogP contribution in [0.1, 0.15) is 0 Å². The number of hydrogen-bond donors (Lipinski definition) is 1. The molecule has 0 saturated heterocycles. The Hall–Kier alpha value is 1.15. The number of rotatable bonds is 2. The van der Waals surface area contributed by atoms with Gasteiger partial charge in [-0.25, -0.2) is 0 Å². The van der Waals surface area contributed by atoms with Crippen LogP contribution in [0.5, 0.6) is 0 Å². The van der Waals surface area contributed by atoms with Gasteiger partial charge in [0.2, 0.25) is 6.69 Å². The zero-order valence-corrected chi connectivity index (χ0v) is 7.52. The number of halogens is 2. The molecule has 0 aromatic rings. The van der Waals surface area contributed by atoms with E-state index in [0.29, 0.717) is 0 Å². The molecule has 0 aliphatic carbocycles. The predicted molar refractivity (Wildman–Crippen MR) is 42.0 cm³/mol. The van der Waals surface area contributed by atoms with Crippen molar-refractivity contribution in [3.63, 3.8) is 0 Å². The first-order chi connectivity index (χ1) is 3.06. The zero-order valence-electron chi connectivity index (χ0n) is 4.12. The molecule has 0 fully saturated rings. The molecule has 44 valence electrons.